The highest BCUT2D eigenvalue weighted by molar-refractivity contribution is 5.76. The van der Waals surface area contributed by atoms with Crippen LogP contribution in [0.15, 0.2) is 24.3 Å². The smallest absolute Gasteiger partial charge is 0.309 e. The first-order valence-corrected chi connectivity index (χ1v) is 9.23. The minimum atomic E-state index is -1.56. The summed E-state index contributed by atoms with van der Waals surface area (Å²) in [6.07, 6.45) is 5.07. The molecule has 6 heteroatoms. The van der Waals surface area contributed by atoms with Crippen molar-refractivity contribution in [3.63, 3.8) is 0 Å². The van der Waals surface area contributed by atoms with Gasteiger partial charge in [-0.25, -0.2) is 0 Å². The van der Waals surface area contributed by atoms with Crippen molar-refractivity contribution in [3.8, 4) is 11.5 Å². The molecule has 2 heterocycles. The molecule has 1 saturated carbocycles. The quantitative estimate of drug-likeness (QED) is 0.652. The van der Waals surface area contributed by atoms with Gasteiger partial charge in [0, 0.05) is 17.0 Å². The molecule has 6 aliphatic rings. The molecule has 6 atom stereocenters. The van der Waals surface area contributed by atoms with Gasteiger partial charge in [-0.15, -0.1) is 0 Å². The number of aromatic hydroxyl groups is 1. The number of nitrogens with zero attached hydrogens (tertiary/aromatic N) is 1. The first-order chi connectivity index (χ1) is 12.3. The molecule has 0 unspecified atom stereocenters. The molecule has 136 valence electrons. The second-order valence-electron chi connectivity index (χ2n) is 8.72. The SMILES string of the molecule is CN1CC[C@]23c4c5ccc(O)c4O[C@@H]2[C@@]2(O)C=C[C@@]3(C[C@H]2C(=O)O)[C@H]1C5. The number of hydrogen-bond acceptors (Lipinski definition) is 5. The summed E-state index contributed by atoms with van der Waals surface area (Å²) in [6, 6.07) is 3.78. The highest BCUT2D eigenvalue weighted by Crippen LogP contribution is 2.73. The van der Waals surface area contributed by atoms with Crippen LogP contribution in [0, 0.1) is 11.3 Å². The number of carbonyl (C=O) groups is 1. The van der Waals surface area contributed by atoms with E-state index in [4.69, 9.17) is 4.74 Å². The Morgan fingerprint density at radius 1 is 1.35 bits per heavy atom. The van der Waals surface area contributed by atoms with Crippen LogP contribution in [0.3, 0.4) is 0 Å². The first-order valence-electron chi connectivity index (χ1n) is 9.23. The molecular formula is C20H21NO5. The zero-order chi connectivity index (χ0) is 18.1. The maximum absolute atomic E-state index is 12.0. The van der Waals surface area contributed by atoms with Crippen LogP contribution in [-0.2, 0) is 16.6 Å². The fraction of sp³-hybridized carbons (Fsp3) is 0.550. The van der Waals surface area contributed by atoms with Gasteiger partial charge in [0.05, 0.1) is 11.3 Å². The topological polar surface area (TPSA) is 90.2 Å². The van der Waals surface area contributed by atoms with E-state index in [1.165, 1.54) is 0 Å². The van der Waals surface area contributed by atoms with Gasteiger partial charge in [0.15, 0.2) is 11.5 Å². The van der Waals surface area contributed by atoms with E-state index in [0.29, 0.717) is 12.2 Å². The third kappa shape index (κ3) is 1.25. The number of rotatable bonds is 1. The molecule has 2 aliphatic heterocycles. The number of hydrogen-bond donors (Lipinski definition) is 3. The molecule has 0 aromatic heterocycles. The molecule has 3 N–H and O–H groups in total. The Bertz CT molecular complexity index is 912. The van der Waals surface area contributed by atoms with E-state index in [1.54, 1.807) is 12.1 Å². The van der Waals surface area contributed by atoms with Crippen LogP contribution in [0.25, 0.3) is 0 Å². The second kappa shape index (κ2) is 4.10. The Labute approximate surface area is 150 Å². The average molecular weight is 355 g/mol. The highest BCUT2D eigenvalue weighted by atomic mass is 16.5. The van der Waals surface area contributed by atoms with E-state index in [2.05, 4.69) is 18.0 Å². The van der Waals surface area contributed by atoms with Crippen LogP contribution in [0.2, 0.25) is 0 Å². The van der Waals surface area contributed by atoms with Crippen molar-refractivity contribution in [1.29, 1.82) is 0 Å². The summed E-state index contributed by atoms with van der Waals surface area (Å²) < 4.78 is 6.22. The largest absolute Gasteiger partial charge is 0.504 e. The van der Waals surface area contributed by atoms with Gasteiger partial charge >= 0.3 is 5.97 Å². The molecule has 1 aromatic rings. The third-order valence-corrected chi connectivity index (χ3v) is 8.05. The number of benzene rings is 1. The molecule has 6 nitrogen and oxygen atoms in total. The molecule has 0 radical (unpaired) electrons. The average Bonchev–Trinajstić information content (AvgIpc) is 2.98. The van der Waals surface area contributed by atoms with E-state index in [9.17, 15) is 20.1 Å². The Hall–Kier alpha value is -2.05. The summed E-state index contributed by atoms with van der Waals surface area (Å²) in [4.78, 5) is 14.4. The summed E-state index contributed by atoms with van der Waals surface area (Å²) in [6.45, 7) is 0.864. The zero-order valence-electron chi connectivity index (χ0n) is 14.5. The van der Waals surface area contributed by atoms with Gasteiger partial charge in [-0.1, -0.05) is 18.2 Å². The molecule has 4 bridgehead atoms. The van der Waals surface area contributed by atoms with Gasteiger partial charge in [-0.05, 0) is 44.5 Å². The Kier molecular flexibility index (Phi) is 2.37. The lowest BCUT2D eigenvalue weighted by Crippen LogP contribution is -2.79. The van der Waals surface area contributed by atoms with Crippen molar-refractivity contribution >= 4 is 5.97 Å². The lowest BCUT2D eigenvalue weighted by Gasteiger charge is -2.69. The number of phenols is 1. The number of likely N-dealkylation sites (N-methyl/N-ethyl adjacent to an activating group) is 1. The van der Waals surface area contributed by atoms with Gasteiger partial charge in [0.2, 0.25) is 0 Å². The van der Waals surface area contributed by atoms with E-state index in [-0.39, 0.29) is 11.8 Å². The second-order valence-corrected chi connectivity index (χ2v) is 8.72. The molecule has 1 aromatic carbocycles. The summed E-state index contributed by atoms with van der Waals surface area (Å²) in [7, 11) is 2.10. The van der Waals surface area contributed by atoms with Crippen molar-refractivity contribution < 1.29 is 24.9 Å². The van der Waals surface area contributed by atoms with Crippen molar-refractivity contribution in [1.82, 2.24) is 4.90 Å². The van der Waals surface area contributed by atoms with Crippen molar-refractivity contribution in [2.24, 2.45) is 11.3 Å². The molecule has 7 rings (SSSR count). The number of carboxylic acids is 1. The van der Waals surface area contributed by atoms with Crippen LogP contribution in [0.4, 0.5) is 0 Å². The monoisotopic (exact) mass is 355 g/mol. The fourth-order valence-corrected chi connectivity index (χ4v) is 7.04. The predicted octanol–water partition coefficient (Wildman–Crippen LogP) is 1.04. The first kappa shape index (κ1) is 15.1. The lowest BCUT2D eigenvalue weighted by atomic mass is 9.37. The minimum absolute atomic E-state index is 0.0786. The van der Waals surface area contributed by atoms with Crippen molar-refractivity contribution in [2.75, 3.05) is 13.6 Å². The molecule has 4 aliphatic carbocycles. The van der Waals surface area contributed by atoms with E-state index >= 15 is 0 Å². The van der Waals surface area contributed by atoms with Crippen LogP contribution in [-0.4, -0.2) is 57.5 Å². The molecule has 0 amide bonds. The van der Waals surface area contributed by atoms with Crippen LogP contribution in [0.5, 0.6) is 11.5 Å². The normalized spacial score (nSPS) is 46.8. The molecule has 1 saturated heterocycles. The van der Waals surface area contributed by atoms with Crippen LogP contribution in [0.1, 0.15) is 24.0 Å². The van der Waals surface area contributed by atoms with Gasteiger partial charge < -0.3 is 25.0 Å². The molecule has 2 spiro atoms. The third-order valence-electron chi connectivity index (χ3n) is 8.05. The van der Waals surface area contributed by atoms with Crippen molar-refractivity contribution in [2.45, 2.75) is 42.4 Å². The van der Waals surface area contributed by atoms with Gasteiger partial charge in [0.25, 0.3) is 0 Å². The summed E-state index contributed by atoms with van der Waals surface area (Å²) in [5.41, 5.74) is -0.267. The van der Waals surface area contributed by atoms with E-state index < -0.39 is 34.4 Å². The van der Waals surface area contributed by atoms with Gasteiger partial charge in [-0.2, -0.15) is 0 Å². The predicted molar refractivity (Wildman–Crippen MR) is 91.2 cm³/mol. The molecular weight excluding hydrogens is 334 g/mol. The summed E-state index contributed by atoms with van der Waals surface area (Å²) in [5.74, 6) is -1.36. The molecule has 2 fully saturated rings. The fourth-order valence-electron chi connectivity index (χ4n) is 7.04. The number of phenolic OH excluding ortho intramolecular Hbond substituents is 1. The van der Waals surface area contributed by atoms with Gasteiger partial charge in [-0.3, -0.25) is 4.79 Å². The minimum Gasteiger partial charge on any atom is -0.504 e. The highest BCUT2D eigenvalue weighted by Gasteiger charge is 2.79. The molecule has 26 heavy (non-hydrogen) atoms. The number of aliphatic hydroxyl groups is 1. The lowest BCUT2D eigenvalue weighted by molar-refractivity contribution is -0.211. The Balaban J connectivity index is 1.73. The Morgan fingerprint density at radius 2 is 2.15 bits per heavy atom. The number of carboxylic acid groups (broad SMARTS) is 1. The maximum atomic E-state index is 12.0. The van der Waals surface area contributed by atoms with E-state index in [0.717, 1.165) is 30.5 Å². The van der Waals surface area contributed by atoms with E-state index in [1.807, 2.05) is 6.07 Å². The number of piperidine rings is 1. The Morgan fingerprint density at radius 3 is 2.92 bits per heavy atom. The van der Waals surface area contributed by atoms with Crippen molar-refractivity contribution in [3.05, 3.63) is 35.4 Å². The standard InChI is InChI=1S/C20H21NO5/c1-21-7-6-19-14-10-2-3-12(22)15(14)26-17(19)20(25)5-4-18(19,13(21)8-10)9-11(20)16(23)24/h2-5,11,13,17,22,25H,6-9H2,1H3,(H,23,24)/t11-,13+,17-,18+,19-,20+/m0/s1. The van der Waals surface area contributed by atoms with Gasteiger partial charge in [0.1, 0.15) is 11.7 Å². The number of aliphatic carboxylic acids is 1. The number of likely N-dealkylation sites (tertiary alicyclic amines) is 1. The zero-order valence-corrected chi connectivity index (χ0v) is 14.5. The maximum Gasteiger partial charge on any atom is 0.309 e. The summed E-state index contributed by atoms with van der Waals surface area (Å²) >= 11 is 0. The number of ether oxygens (including phenoxy) is 1. The van der Waals surface area contributed by atoms with Crippen LogP contribution >= 0.6 is 0 Å². The summed E-state index contributed by atoms with van der Waals surface area (Å²) in [5, 5.41) is 31.8. The van der Waals surface area contributed by atoms with Crippen LogP contribution < -0.4 is 4.74 Å². The number of fused-ring (bicyclic) bond motifs is 1.